The summed E-state index contributed by atoms with van der Waals surface area (Å²) < 4.78 is 32.7. The third-order valence-electron chi connectivity index (χ3n) is 5.34. The summed E-state index contributed by atoms with van der Waals surface area (Å²) in [7, 11) is -3.83. The molecule has 0 spiro atoms. The lowest BCUT2D eigenvalue weighted by atomic mass is 10.0. The van der Waals surface area contributed by atoms with Crippen molar-refractivity contribution in [2.75, 3.05) is 4.31 Å². The van der Waals surface area contributed by atoms with E-state index in [0.29, 0.717) is 35.2 Å². The third-order valence-corrected chi connectivity index (χ3v) is 7.36. The van der Waals surface area contributed by atoms with Crippen LogP contribution >= 0.6 is 0 Å². The van der Waals surface area contributed by atoms with E-state index in [2.05, 4.69) is 24.0 Å². The molecule has 0 radical (unpaired) electrons. The number of nitrogens with zero attached hydrogens (tertiary/aromatic N) is 5. The van der Waals surface area contributed by atoms with Crippen LogP contribution in [0.1, 0.15) is 56.3 Å². The van der Waals surface area contributed by atoms with Gasteiger partial charge >= 0.3 is 0 Å². The van der Waals surface area contributed by atoms with E-state index >= 15 is 0 Å². The van der Waals surface area contributed by atoms with Crippen LogP contribution in [-0.2, 0) is 29.7 Å². The van der Waals surface area contributed by atoms with Crippen LogP contribution in [0, 0.1) is 13.8 Å². The van der Waals surface area contributed by atoms with Gasteiger partial charge in [-0.05, 0) is 57.4 Å². The molecule has 0 aliphatic heterocycles. The summed E-state index contributed by atoms with van der Waals surface area (Å²) in [6.45, 7) is 13.3. The lowest BCUT2D eigenvalue weighted by Gasteiger charge is -2.24. The van der Waals surface area contributed by atoms with Gasteiger partial charge in [0.15, 0.2) is 0 Å². The number of aryl methyl sites for hydroxylation is 3. The van der Waals surface area contributed by atoms with Gasteiger partial charge < -0.3 is 0 Å². The largest absolute Gasteiger partial charge is 0.273 e. The van der Waals surface area contributed by atoms with Gasteiger partial charge in [0, 0.05) is 19.3 Å². The zero-order valence-electron chi connectivity index (χ0n) is 18.6. The first-order chi connectivity index (χ1) is 14.2. The van der Waals surface area contributed by atoms with E-state index in [1.165, 1.54) is 4.31 Å². The second-order valence-corrected chi connectivity index (χ2v) is 9.54. The zero-order chi connectivity index (χ0) is 22.1. The molecular formula is C22H31N5O2S. The summed E-state index contributed by atoms with van der Waals surface area (Å²) >= 11 is 0. The van der Waals surface area contributed by atoms with Crippen molar-refractivity contribution < 1.29 is 8.42 Å². The number of rotatable bonds is 8. The topological polar surface area (TPSA) is 73.0 Å². The molecule has 0 saturated carbocycles. The van der Waals surface area contributed by atoms with Crippen LogP contribution in [-0.4, -0.2) is 28.0 Å². The van der Waals surface area contributed by atoms with Gasteiger partial charge in [-0.1, -0.05) is 26.0 Å². The van der Waals surface area contributed by atoms with Gasteiger partial charge in [0.2, 0.25) is 0 Å². The molecule has 162 valence electrons. The highest BCUT2D eigenvalue weighted by Crippen LogP contribution is 2.30. The molecule has 0 unspecified atom stereocenters. The minimum atomic E-state index is -3.83. The van der Waals surface area contributed by atoms with E-state index in [1.54, 1.807) is 16.3 Å². The third kappa shape index (κ3) is 4.14. The van der Waals surface area contributed by atoms with E-state index in [1.807, 2.05) is 57.3 Å². The predicted molar refractivity (Wildman–Crippen MR) is 119 cm³/mol. The second-order valence-electron chi connectivity index (χ2n) is 7.74. The number of hydrogen-bond acceptors (Lipinski definition) is 4. The van der Waals surface area contributed by atoms with Gasteiger partial charge in [0.25, 0.3) is 10.0 Å². The van der Waals surface area contributed by atoms with Crippen molar-refractivity contribution in [2.45, 2.75) is 72.0 Å². The molecule has 0 aliphatic rings. The van der Waals surface area contributed by atoms with E-state index < -0.39 is 10.0 Å². The molecule has 0 bridgehead atoms. The van der Waals surface area contributed by atoms with Crippen molar-refractivity contribution in [3.63, 3.8) is 0 Å². The fourth-order valence-corrected chi connectivity index (χ4v) is 5.44. The number of benzene rings is 1. The average molecular weight is 430 g/mol. The molecule has 0 saturated heterocycles. The van der Waals surface area contributed by atoms with E-state index in [9.17, 15) is 8.42 Å². The Morgan fingerprint density at radius 2 is 1.67 bits per heavy atom. The highest BCUT2D eigenvalue weighted by atomic mass is 32.2. The SMILES string of the molecule is CCn1ccc(CN(c2ccc(C(C)C)cc2)S(=O)(=O)c2c(C)nn(CC)c2C)n1. The standard InChI is InChI=1S/C22H31N5O2S/c1-7-25-14-13-20(24-25)15-27(21-11-9-19(10-12-21)16(3)4)30(28,29)22-17(5)23-26(8-2)18(22)6/h9-14,16H,7-8,15H2,1-6H3. The quantitative estimate of drug-likeness (QED) is 0.536. The Labute approximate surface area is 179 Å². The first-order valence-corrected chi connectivity index (χ1v) is 11.8. The van der Waals surface area contributed by atoms with Crippen molar-refractivity contribution in [3.05, 3.63) is 59.2 Å². The van der Waals surface area contributed by atoms with Crippen molar-refractivity contribution in [2.24, 2.45) is 0 Å². The smallest absolute Gasteiger partial charge is 0.268 e. The predicted octanol–water partition coefficient (Wildman–Crippen LogP) is 4.26. The molecule has 0 atom stereocenters. The summed E-state index contributed by atoms with van der Waals surface area (Å²) in [4.78, 5) is 0.271. The maximum atomic E-state index is 13.8. The van der Waals surface area contributed by atoms with E-state index in [4.69, 9.17) is 0 Å². The van der Waals surface area contributed by atoms with Crippen LogP contribution in [0.25, 0.3) is 0 Å². The summed E-state index contributed by atoms with van der Waals surface area (Å²) in [5, 5.41) is 8.93. The van der Waals surface area contributed by atoms with Crippen LogP contribution in [0.5, 0.6) is 0 Å². The van der Waals surface area contributed by atoms with Crippen molar-refractivity contribution in [1.29, 1.82) is 0 Å². The fraction of sp³-hybridized carbons (Fsp3) is 0.455. The average Bonchev–Trinajstić information content (AvgIpc) is 3.29. The van der Waals surface area contributed by atoms with Crippen LogP contribution in [0.4, 0.5) is 5.69 Å². The number of aromatic nitrogens is 4. The molecule has 0 aliphatic carbocycles. The normalized spacial score (nSPS) is 12.0. The number of hydrogen-bond donors (Lipinski definition) is 0. The number of anilines is 1. The van der Waals surface area contributed by atoms with Crippen molar-refractivity contribution in [1.82, 2.24) is 19.6 Å². The molecule has 2 heterocycles. The molecule has 30 heavy (non-hydrogen) atoms. The van der Waals surface area contributed by atoms with Crippen LogP contribution in [0.3, 0.4) is 0 Å². The Bertz CT molecular complexity index is 1110. The van der Waals surface area contributed by atoms with Crippen molar-refractivity contribution >= 4 is 15.7 Å². The summed E-state index contributed by atoms with van der Waals surface area (Å²) in [6, 6.07) is 9.59. The van der Waals surface area contributed by atoms with Gasteiger partial charge in [-0.15, -0.1) is 0 Å². The summed E-state index contributed by atoms with van der Waals surface area (Å²) in [6.07, 6.45) is 1.87. The van der Waals surface area contributed by atoms with Crippen LogP contribution < -0.4 is 4.31 Å². The first-order valence-electron chi connectivity index (χ1n) is 10.4. The Hall–Kier alpha value is -2.61. The lowest BCUT2D eigenvalue weighted by molar-refractivity contribution is 0.586. The molecule has 1 aromatic carbocycles. The first kappa shape index (κ1) is 22.1. The Balaban J connectivity index is 2.11. The Morgan fingerprint density at radius 1 is 1.00 bits per heavy atom. The minimum Gasteiger partial charge on any atom is -0.273 e. The van der Waals surface area contributed by atoms with Gasteiger partial charge in [0.1, 0.15) is 4.90 Å². The van der Waals surface area contributed by atoms with E-state index in [-0.39, 0.29) is 11.4 Å². The molecule has 7 nitrogen and oxygen atoms in total. The molecule has 2 aromatic heterocycles. The highest BCUT2D eigenvalue weighted by Gasteiger charge is 2.32. The maximum Gasteiger partial charge on any atom is 0.268 e. The highest BCUT2D eigenvalue weighted by molar-refractivity contribution is 7.92. The second kappa shape index (κ2) is 8.63. The lowest BCUT2D eigenvalue weighted by Crippen LogP contribution is -2.31. The number of sulfonamides is 1. The minimum absolute atomic E-state index is 0.159. The molecule has 0 fully saturated rings. The van der Waals surface area contributed by atoms with Crippen LogP contribution in [0.2, 0.25) is 0 Å². The van der Waals surface area contributed by atoms with Gasteiger partial charge in [-0.25, -0.2) is 8.42 Å². The monoisotopic (exact) mass is 429 g/mol. The zero-order valence-corrected chi connectivity index (χ0v) is 19.4. The molecule has 0 amide bonds. The van der Waals surface area contributed by atoms with Crippen molar-refractivity contribution in [3.8, 4) is 0 Å². The Morgan fingerprint density at radius 3 is 2.17 bits per heavy atom. The fourth-order valence-electron chi connectivity index (χ4n) is 3.62. The van der Waals surface area contributed by atoms with Crippen LogP contribution in [0.15, 0.2) is 41.4 Å². The summed E-state index contributed by atoms with van der Waals surface area (Å²) in [5.41, 5.74) is 3.65. The Kier molecular flexibility index (Phi) is 6.36. The molecule has 0 N–H and O–H groups in total. The maximum absolute atomic E-state index is 13.8. The summed E-state index contributed by atoms with van der Waals surface area (Å²) in [5.74, 6) is 0.372. The van der Waals surface area contributed by atoms with Gasteiger partial charge in [-0.3, -0.25) is 13.7 Å². The molecule has 3 aromatic rings. The molecular weight excluding hydrogens is 398 g/mol. The van der Waals surface area contributed by atoms with E-state index in [0.717, 1.165) is 12.1 Å². The van der Waals surface area contributed by atoms with Gasteiger partial charge in [-0.2, -0.15) is 10.2 Å². The molecule has 3 rings (SSSR count). The molecule has 8 heteroatoms. The van der Waals surface area contributed by atoms with Gasteiger partial charge in [0.05, 0.1) is 29.3 Å².